The number of amides is 1. The number of hydrogen-bond donors (Lipinski definition) is 3. The maximum atomic E-state index is 11.0. The van der Waals surface area contributed by atoms with E-state index >= 15 is 0 Å². The highest BCUT2D eigenvalue weighted by molar-refractivity contribution is 5.91. The molecule has 1 amide bonds. The molecule has 2 aromatic heterocycles. The molecule has 27 heavy (non-hydrogen) atoms. The molecular weight excluding hydrogens is 346 g/mol. The minimum absolute atomic E-state index is 0.0172. The van der Waals surface area contributed by atoms with Crippen LogP contribution in [0, 0.1) is 11.3 Å². The van der Waals surface area contributed by atoms with Crippen molar-refractivity contribution in [3.05, 3.63) is 36.9 Å². The minimum atomic E-state index is -0.459. The van der Waals surface area contributed by atoms with Crippen molar-refractivity contribution < 1.29 is 9.53 Å². The molecule has 1 aromatic carbocycles. The van der Waals surface area contributed by atoms with Gasteiger partial charge in [0.05, 0.1) is 24.0 Å². The van der Waals surface area contributed by atoms with Gasteiger partial charge in [-0.1, -0.05) is 6.92 Å². The summed E-state index contributed by atoms with van der Waals surface area (Å²) < 4.78 is 7.24. The van der Waals surface area contributed by atoms with Crippen LogP contribution >= 0.6 is 0 Å². The highest BCUT2D eigenvalue weighted by atomic mass is 16.5. The molecule has 3 aromatic rings. The molecule has 0 bridgehead atoms. The lowest BCUT2D eigenvalue weighted by Crippen LogP contribution is -2.18. The van der Waals surface area contributed by atoms with Gasteiger partial charge in [-0.2, -0.15) is 5.10 Å². The highest BCUT2D eigenvalue weighted by Crippen LogP contribution is 2.26. The van der Waals surface area contributed by atoms with E-state index in [-0.39, 0.29) is 12.5 Å². The van der Waals surface area contributed by atoms with Crippen LogP contribution < -0.4 is 15.8 Å². The van der Waals surface area contributed by atoms with Gasteiger partial charge in [0.15, 0.2) is 0 Å². The summed E-state index contributed by atoms with van der Waals surface area (Å²) in [5, 5.41) is 15.2. The molecule has 0 aliphatic carbocycles. The molecule has 0 spiro atoms. The maximum Gasteiger partial charge on any atom is 0.239 e. The Morgan fingerprint density at radius 3 is 3.07 bits per heavy atom. The van der Waals surface area contributed by atoms with Crippen molar-refractivity contribution in [1.82, 2.24) is 19.7 Å². The van der Waals surface area contributed by atoms with E-state index in [1.165, 1.54) is 17.2 Å². The smallest absolute Gasteiger partial charge is 0.239 e. The Labute approximate surface area is 156 Å². The lowest BCUT2D eigenvalue weighted by atomic mass is 10.1. The first-order valence-corrected chi connectivity index (χ1v) is 8.49. The van der Waals surface area contributed by atoms with Gasteiger partial charge in [-0.3, -0.25) is 9.48 Å². The number of carbonyl (C=O) groups is 1. The molecule has 0 saturated heterocycles. The van der Waals surface area contributed by atoms with Crippen molar-refractivity contribution in [1.29, 1.82) is 5.41 Å². The Kier molecular flexibility index (Phi) is 5.60. The molecule has 1 atom stereocenters. The van der Waals surface area contributed by atoms with Gasteiger partial charge >= 0.3 is 0 Å². The number of fused-ring (bicyclic) bond motifs is 1. The second kappa shape index (κ2) is 8.26. The summed E-state index contributed by atoms with van der Waals surface area (Å²) in [5.74, 6) is 1.16. The monoisotopic (exact) mass is 367 g/mol. The molecule has 9 nitrogen and oxygen atoms in total. The normalized spacial score (nSPS) is 11.9. The first kappa shape index (κ1) is 18.3. The second-order valence-electron chi connectivity index (χ2n) is 6.28. The fraction of sp³-hybridized carbons (Fsp3) is 0.278. The van der Waals surface area contributed by atoms with E-state index in [1.54, 1.807) is 12.4 Å². The predicted octanol–water partition coefficient (Wildman–Crippen LogP) is 2.11. The van der Waals surface area contributed by atoms with Crippen LogP contribution in [-0.4, -0.2) is 38.5 Å². The predicted molar refractivity (Wildman–Crippen MR) is 102 cm³/mol. The Morgan fingerprint density at radius 1 is 1.44 bits per heavy atom. The van der Waals surface area contributed by atoms with Gasteiger partial charge in [0.1, 0.15) is 24.4 Å². The zero-order valence-corrected chi connectivity index (χ0v) is 14.9. The van der Waals surface area contributed by atoms with Crippen LogP contribution in [0.1, 0.15) is 13.3 Å². The third kappa shape index (κ3) is 4.78. The van der Waals surface area contributed by atoms with Gasteiger partial charge in [-0.25, -0.2) is 9.97 Å². The van der Waals surface area contributed by atoms with Gasteiger partial charge in [0.25, 0.3) is 0 Å². The number of carbonyl (C=O) groups excluding carboxylic acids is 1. The van der Waals surface area contributed by atoms with E-state index in [9.17, 15) is 4.79 Å². The lowest BCUT2D eigenvalue weighted by molar-refractivity contribution is -0.118. The van der Waals surface area contributed by atoms with Crippen molar-refractivity contribution in [3.8, 4) is 5.75 Å². The van der Waals surface area contributed by atoms with Crippen LogP contribution in [0.2, 0.25) is 0 Å². The van der Waals surface area contributed by atoms with Gasteiger partial charge in [-0.15, -0.1) is 0 Å². The first-order valence-electron chi connectivity index (χ1n) is 8.49. The topological polar surface area (TPSA) is 132 Å². The van der Waals surface area contributed by atoms with Crippen LogP contribution in [0.3, 0.4) is 0 Å². The number of nitrogens with zero attached hydrogens (tertiary/aromatic N) is 4. The number of primary amides is 1. The van der Waals surface area contributed by atoms with E-state index in [0.29, 0.717) is 24.5 Å². The average Bonchev–Trinajstić information content (AvgIpc) is 3.06. The molecule has 9 heteroatoms. The minimum Gasteiger partial charge on any atom is -0.493 e. The van der Waals surface area contributed by atoms with Gasteiger partial charge in [-0.05, 0) is 30.7 Å². The molecule has 0 saturated carbocycles. The second-order valence-corrected chi connectivity index (χ2v) is 6.28. The molecule has 1 unspecified atom stereocenters. The molecule has 3 rings (SSSR count). The SMILES string of the molecule is CC(CC=N)COc1ccc2c(Nc3cnn(CC(N)=O)c3)ncnc2c1. The summed E-state index contributed by atoms with van der Waals surface area (Å²) in [6, 6.07) is 5.61. The van der Waals surface area contributed by atoms with E-state index in [0.717, 1.165) is 16.7 Å². The van der Waals surface area contributed by atoms with Crippen molar-refractivity contribution in [2.45, 2.75) is 19.9 Å². The maximum absolute atomic E-state index is 11.0. The largest absolute Gasteiger partial charge is 0.493 e. The zero-order chi connectivity index (χ0) is 19.2. The Hall–Kier alpha value is -3.49. The summed E-state index contributed by atoms with van der Waals surface area (Å²) in [5.41, 5.74) is 6.61. The molecule has 0 aliphatic heterocycles. The number of ether oxygens (including phenoxy) is 1. The highest BCUT2D eigenvalue weighted by Gasteiger charge is 2.09. The van der Waals surface area contributed by atoms with Crippen molar-refractivity contribution in [2.75, 3.05) is 11.9 Å². The standard InChI is InChI=1S/C18H21N7O2/c1-12(4-5-19)10-27-14-2-3-15-16(6-14)21-11-22-18(15)24-13-7-23-25(8-13)9-17(20)26/h2-3,5-8,11-12,19H,4,9-10H2,1H3,(H2,20,26)(H,21,22,24). The van der Waals surface area contributed by atoms with Crippen molar-refractivity contribution in [2.24, 2.45) is 11.7 Å². The molecule has 140 valence electrons. The molecule has 4 N–H and O–H groups in total. The number of aromatic nitrogens is 4. The summed E-state index contributed by atoms with van der Waals surface area (Å²) in [6.45, 7) is 2.59. The summed E-state index contributed by atoms with van der Waals surface area (Å²) in [7, 11) is 0. The van der Waals surface area contributed by atoms with Crippen LogP contribution in [0.4, 0.5) is 11.5 Å². The first-order chi connectivity index (χ1) is 13.0. The van der Waals surface area contributed by atoms with Crippen LogP contribution in [0.5, 0.6) is 5.75 Å². The number of rotatable bonds is 9. The lowest BCUT2D eigenvalue weighted by Gasteiger charge is -2.12. The summed E-state index contributed by atoms with van der Waals surface area (Å²) >= 11 is 0. The van der Waals surface area contributed by atoms with Gasteiger partial charge < -0.3 is 21.2 Å². The van der Waals surface area contributed by atoms with E-state index in [4.69, 9.17) is 15.9 Å². The molecular formula is C18H21N7O2. The molecule has 0 radical (unpaired) electrons. The zero-order valence-electron chi connectivity index (χ0n) is 14.9. The average molecular weight is 367 g/mol. The quantitative estimate of drug-likeness (QED) is 0.496. The van der Waals surface area contributed by atoms with E-state index in [1.807, 2.05) is 25.1 Å². The number of nitrogens with one attached hydrogen (secondary N) is 2. The Bertz CT molecular complexity index is 954. The number of hydrogen-bond acceptors (Lipinski definition) is 7. The van der Waals surface area contributed by atoms with Gasteiger partial charge in [0.2, 0.25) is 5.91 Å². The van der Waals surface area contributed by atoms with Gasteiger partial charge in [0, 0.05) is 17.6 Å². The molecule has 0 aliphatic rings. The third-order valence-corrected chi connectivity index (χ3v) is 3.88. The summed E-state index contributed by atoms with van der Waals surface area (Å²) in [4.78, 5) is 19.6. The van der Waals surface area contributed by atoms with Crippen molar-refractivity contribution in [3.63, 3.8) is 0 Å². The number of anilines is 2. The van der Waals surface area contributed by atoms with E-state index in [2.05, 4.69) is 20.4 Å². The van der Waals surface area contributed by atoms with Crippen molar-refractivity contribution >= 4 is 34.5 Å². The van der Waals surface area contributed by atoms with Crippen LogP contribution in [0.15, 0.2) is 36.9 Å². The fourth-order valence-corrected chi connectivity index (χ4v) is 2.54. The molecule has 0 fully saturated rings. The fourth-order valence-electron chi connectivity index (χ4n) is 2.54. The Morgan fingerprint density at radius 2 is 2.30 bits per heavy atom. The summed E-state index contributed by atoms with van der Waals surface area (Å²) in [6.07, 6.45) is 6.83. The number of benzene rings is 1. The van der Waals surface area contributed by atoms with Crippen LogP contribution in [-0.2, 0) is 11.3 Å². The number of nitrogens with two attached hydrogens (primary N) is 1. The van der Waals surface area contributed by atoms with E-state index < -0.39 is 5.91 Å². The Balaban J connectivity index is 1.75. The molecule has 2 heterocycles. The third-order valence-electron chi connectivity index (χ3n) is 3.88. The van der Waals surface area contributed by atoms with Crippen LogP contribution in [0.25, 0.3) is 10.9 Å².